The molecule has 0 unspecified atom stereocenters. The number of aromatic nitrogens is 5. The third kappa shape index (κ3) is 5.13. The minimum atomic E-state index is -3.61. The number of hydrogen-bond donors (Lipinski definition) is 0. The van der Waals surface area contributed by atoms with Crippen molar-refractivity contribution < 1.29 is 17.6 Å². The Kier molecular flexibility index (Phi) is 7.13. The van der Waals surface area contributed by atoms with E-state index < -0.39 is 21.0 Å². The van der Waals surface area contributed by atoms with Crippen LogP contribution in [-0.4, -0.2) is 52.1 Å². The van der Waals surface area contributed by atoms with Gasteiger partial charge in [-0.25, -0.2) is 18.4 Å². The maximum Gasteiger partial charge on any atom is 0.200 e. The van der Waals surface area contributed by atoms with Gasteiger partial charge >= 0.3 is 0 Å². The molecule has 3 atom stereocenters. The molecule has 168 valence electrons. The van der Waals surface area contributed by atoms with E-state index in [2.05, 4.69) is 20.2 Å². The van der Waals surface area contributed by atoms with Crippen LogP contribution in [0.2, 0.25) is 5.02 Å². The fraction of sp³-hybridized carbons (Fsp3) is 0.500. The lowest BCUT2D eigenvalue weighted by Crippen LogP contribution is -2.28. The highest BCUT2D eigenvalue weighted by atomic mass is 35.5. The zero-order valence-electron chi connectivity index (χ0n) is 18.1. The lowest BCUT2D eigenvalue weighted by atomic mass is 10.1. The number of methoxy groups -OCH3 is 1. The predicted octanol–water partition coefficient (Wildman–Crippen LogP) is 3.60. The predicted molar refractivity (Wildman–Crippen MR) is 117 cm³/mol. The normalized spacial score (nSPS) is 15.0. The van der Waals surface area contributed by atoms with E-state index in [1.54, 1.807) is 31.6 Å². The van der Waals surface area contributed by atoms with Gasteiger partial charge in [0.15, 0.2) is 21.4 Å². The topological polar surface area (TPSA) is 113 Å². The molecule has 0 radical (unpaired) electrons. The summed E-state index contributed by atoms with van der Waals surface area (Å²) in [4.78, 5) is 8.33. The second-order valence-corrected chi connectivity index (χ2v) is 10.4. The van der Waals surface area contributed by atoms with Crippen LogP contribution in [0.3, 0.4) is 0 Å². The Morgan fingerprint density at radius 2 is 1.84 bits per heavy atom. The van der Waals surface area contributed by atoms with Crippen molar-refractivity contribution in [3.05, 3.63) is 47.0 Å². The standard InChI is InChI=1S/C20H26ClN5O4S/c1-12(10-29-5)26-18(24-25-20(26)17-7-6-13(2)30-17)11-31(27,28)15(4)14(3)19-22-8-16(21)9-23-19/h6-9,12,14-15H,10-11H2,1-5H3/t12-,14-,15-/m0/s1. The maximum atomic E-state index is 13.2. The van der Waals surface area contributed by atoms with Gasteiger partial charge in [-0.3, -0.25) is 0 Å². The zero-order chi connectivity index (χ0) is 22.8. The third-order valence-corrected chi connectivity index (χ3v) is 7.62. The van der Waals surface area contributed by atoms with Crippen LogP contribution in [0.1, 0.15) is 50.1 Å². The smallest absolute Gasteiger partial charge is 0.200 e. The van der Waals surface area contributed by atoms with Crippen molar-refractivity contribution in [1.82, 2.24) is 24.7 Å². The van der Waals surface area contributed by atoms with Crippen molar-refractivity contribution in [2.75, 3.05) is 13.7 Å². The minimum absolute atomic E-state index is 0.196. The summed E-state index contributed by atoms with van der Waals surface area (Å²) in [5.41, 5.74) is 0. The zero-order valence-corrected chi connectivity index (χ0v) is 19.7. The van der Waals surface area contributed by atoms with Crippen LogP contribution in [0.25, 0.3) is 11.6 Å². The average molecular weight is 468 g/mol. The SMILES string of the molecule is COC[C@H](C)n1c(CS(=O)(=O)[C@@H](C)[C@H](C)c2ncc(Cl)cn2)nnc1-c1ccc(C)o1. The molecule has 11 heteroatoms. The number of hydrogen-bond acceptors (Lipinski definition) is 8. The first-order valence-electron chi connectivity index (χ1n) is 9.82. The van der Waals surface area contributed by atoms with Gasteiger partial charge in [0, 0.05) is 25.4 Å². The van der Waals surface area contributed by atoms with E-state index in [0.717, 1.165) is 5.76 Å². The largest absolute Gasteiger partial charge is 0.458 e. The van der Waals surface area contributed by atoms with Crippen molar-refractivity contribution in [2.45, 2.75) is 50.7 Å². The van der Waals surface area contributed by atoms with Gasteiger partial charge < -0.3 is 13.7 Å². The van der Waals surface area contributed by atoms with Crippen LogP contribution in [0.5, 0.6) is 0 Å². The van der Waals surface area contributed by atoms with Gasteiger partial charge in [-0.2, -0.15) is 0 Å². The quantitative estimate of drug-likeness (QED) is 0.469. The monoisotopic (exact) mass is 467 g/mol. The summed E-state index contributed by atoms with van der Waals surface area (Å²) in [5.74, 6) is 1.74. The number of rotatable bonds is 9. The molecule has 3 rings (SSSR count). The molecule has 3 aromatic heterocycles. The summed E-state index contributed by atoms with van der Waals surface area (Å²) in [6.07, 6.45) is 2.92. The Labute approximate surface area is 186 Å². The van der Waals surface area contributed by atoms with E-state index in [4.69, 9.17) is 20.8 Å². The number of sulfone groups is 1. The summed E-state index contributed by atoms with van der Waals surface area (Å²) in [6, 6.07) is 3.41. The van der Waals surface area contributed by atoms with E-state index in [9.17, 15) is 8.42 Å². The molecule has 0 N–H and O–H groups in total. The molecule has 0 aliphatic heterocycles. The summed E-state index contributed by atoms with van der Waals surface area (Å²) in [7, 11) is -2.03. The molecule has 9 nitrogen and oxygen atoms in total. The molecule has 0 saturated carbocycles. The van der Waals surface area contributed by atoms with Crippen molar-refractivity contribution in [2.24, 2.45) is 0 Å². The van der Waals surface area contributed by atoms with E-state index in [1.807, 2.05) is 19.9 Å². The molecular weight excluding hydrogens is 442 g/mol. The van der Waals surface area contributed by atoms with Gasteiger partial charge in [0.2, 0.25) is 0 Å². The highest BCUT2D eigenvalue weighted by Crippen LogP contribution is 2.28. The average Bonchev–Trinajstić information content (AvgIpc) is 3.33. The number of aryl methyl sites for hydroxylation is 1. The molecule has 0 aromatic carbocycles. The molecule has 0 bridgehead atoms. The van der Waals surface area contributed by atoms with Gasteiger partial charge in [-0.15, -0.1) is 10.2 Å². The van der Waals surface area contributed by atoms with Crippen LogP contribution < -0.4 is 0 Å². The Bertz CT molecular complexity index is 1130. The highest BCUT2D eigenvalue weighted by Gasteiger charge is 2.32. The van der Waals surface area contributed by atoms with Crippen LogP contribution in [-0.2, 0) is 20.3 Å². The maximum absolute atomic E-state index is 13.2. The van der Waals surface area contributed by atoms with Crippen molar-refractivity contribution >= 4 is 21.4 Å². The second-order valence-electron chi connectivity index (χ2n) is 7.58. The van der Waals surface area contributed by atoms with Crippen molar-refractivity contribution in [1.29, 1.82) is 0 Å². The molecule has 0 saturated heterocycles. The molecule has 0 fully saturated rings. The molecule has 0 aliphatic rings. The van der Waals surface area contributed by atoms with Crippen LogP contribution >= 0.6 is 11.6 Å². The molecule has 0 aliphatic carbocycles. The summed E-state index contributed by atoms with van der Waals surface area (Å²) in [5, 5.41) is 8.06. The fourth-order valence-electron chi connectivity index (χ4n) is 3.31. The Morgan fingerprint density at radius 3 is 2.42 bits per heavy atom. The fourth-order valence-corrected chi connectivity index (χ4v) is 4.97. The van der Waals surface area contributed by atoms with Crippen LogP contribution in [0.4, 0.5) is 0 Å². The number of ether oxygens (including phenoxy) is 1. The minimum Gasteiger partial charge on any atom is -0.458 e. The number of halogens is 1. The van der Waals surface area contributed by atoms with E-state index in [1.165, 1.54) is 12.4 Å². The number of furan rings is 1. The van der Waals surface area contributed by atoms with E-state index in [0.29, 0.717) is 34.9 Å². The second kappa shape index (κ2) is 9.46. The van der Waals surface area contributed by atoms with Crippen LogP contribution in [0, 0.1) is 6.92 Å². The Hall–Kier alpha value is -2.30. The molecular formula is C20H26ClN5O4S. The summed E-state index contributed by atoms with van der Waals surface area (Å²) in [6.45, 7) is 7.53. The molecule has 0 amide bonds. The summed E-state index contributed by atoms with van der Waals surface area (Å²) < 4.78 is 39.2. The van der Waals surface area contributed by atoms with Gasteiger partial charge in [0.05, 0.1) is 22.9 Å². The number of nitrogens with zero attached hydrogens (tertiary/aromatic N) is 5. The van der Waals surface area contributed by atoms with E-state index >= 15 is 0 Å². The highest BCUT2D eigenvalue weighted by molar-refractivity contribution is 7.91. The van der Waals surface area contributed by atoms with E-state index in [-0.39, 0.29) is 11.8 Å². The molecule has 0 spiro atoms. The lowest BCUT2D eigenvalue weighted by molar-refractivity contribution is 0.161. The molecule has 3 aromatic rings. The van der Waals surface area contributed by atoms with Crippen molar-refractivity contribution in [3.63, 3.8) is 0 Å². The van der Waals surface area contributed by atoms with Gasteiger partial charge in [-0.1, -0.05) is 18.5 Å². The first-order chi connectivity index (χ1) is 14.6. The molecule has 31 heavy (non-hydrogen) atoms. The van der Waals surface area contributed by atoms with Gasteiger partial charge in [0.25, 0.3) is 0 Å². The van der Waals surface area contributed by atoms with Crippen molar-refractivity contribution in [3.8, 4) is 11.6 Å². The summed E-state index contributed by atoms with van der Waals surface area (Å²) >= 11 is 5.84. The molecule has 3 heterocycles. The third-order valence-electron chi connectivity index (χ3n) is 5.22. The first kappa shape index (κ1) is 23.4. The first-order valence-corrected chi connectivity index (χ1v) is 11.9. The lowest BCUT2D eigenvalue weighted by Gasteiger charge is -2.21. The Balaban J connectivity index is 1.93. The Morgan fingerprint density at radius 1 is 1.16 bits per heavy atom. The van der Waals surface area contributed by atoms with Crippen LogP contribution in [0.15, 0.2) is 28.9 Å². The van der Waals surface area contributed by atoms with Gasteiger partial charge in [0.1, 0.15) is 23.2 Å². The van der Waals surface area contributed by atoms with Gasteiger partial charge in [-0.05, 0) is 32.9 Å².